The maximum Gasteiger partial charge on any atom is 0.172 e. The first-order chi connectivity index (χ1) is 16.4. The van der Waals surface area contributed by atoms with Crippen molar-refractivity contribution >= 4 is 38.7 Å². The molecule has 2 aromatic rings. The van der Waals surface area contributed by atoms with Gasteiger partial charge in [-0.3, -0.25) is 0 Å². The van der Waals surface area contributed by atoms with E-state index in [4.69, 9.17) is 26.9 Å². The number of nitrogens with zero attached hydrogens (tertiary/aromatic N) is 3. The minimum Gasteiger partial charge on any atom is -0.377 e. The number of aliphatic hydroxyl groups is 1. The summed E-state index contributed by atoms with van der Waals surface area (Å²) in [6.07, 6.45) is 3.29. The Hall–Kier alpha value is -2.34. The largest absolute Gasteiger partial charge is 0.377 e. The Balaban J connectivity index is 1.70. The first kappa shape index (κ1) is 25.7. The van der Waals surface area contributed by atoms with Gasteiger partial charge in [-0.2, -0.15) is 0 Å². The molecular formula is C24H33N5O4S2. The number of hydrogen-bond acceptors (Lipinski definition) is 8. The van der Waals surface area contributed by atoms with Gasteiger partial charge in [-0.25, -0.2) is 18.4 Å². The number of hydrogen-bond donors (Lipinski definition) is 3. The highest BCUT2D eigenvalue weighted by Gasteiger charge is 2.49. The molecule has 0 bridgehead atoms. The van der Waals surface area contributed by atoms with Gasteiger partial charge >= 0.3 is 0 Å². The Morgan fingerprint density at radius 1 is 1.26 bits per heavy atom. The maximum absolute atomic E-state index is 12.8. The van der Waals surface area contributed by atoms with E-state index in [1.807, 2.05) is 30.3 Å². The molecule has 35 heavy (non-hydrogen) atoms. The highest BCUT2D eigenvalue weighted by atomic mass is 32.2. The Kier molecular flexibility index (Phi) is 7.07. The van der Waals surface area contributed by atoms with E-state index in [1.165, 1.54) is 6.26 Å². The summed E-state index contributed by atoms with van der Waals surface area (Å²) in [6.45, 7) is 7.14. The van der Waals surface area contributed by atoms with Crippen molar-refractivity contribution in [2.45, 2.75) is 56.5 Å². The summed E-state index contributed by atoms with van der Waals surface area (Å²) in [4.78, 5) is 11.8. The van der Waals surface area contributed by atoms with Crippen molar-refractivity contribution in [3.63, 3.8) is 0 Å². The van der Waals surface area contributed by atoms with E-state index >= 15 is 0 Å². The number of aromatic nitrogens is 2. The molecule has 0 unspecified atom stereocenters. The molecule has 3 N–H and O–H groups in total. The molecule has 0 radical (unpaired) electrons. The van der Waals surface area contributed by atoms with Crippen LogP contribution in [0.25, 0.3) is 11.4 Å². The molecule has 1 aliphatic carbocycles. The van der Waals surface area contributed by atoms with Crippen LogP contribution in [0.2, 0.25) is 0 Å². The highest BCUT2D eigenvalue weighted by Crippen LogP contribution is 2.48. The summed E-state index contributed by atoms with van der Waals surface area (Å²) >= 11 is 5.24. The van der Waals surface area contributed by atoms with Gasteiger partial charge in [0.1, 0.15) is 16.3 Å². The van der Waals surface area contributed by atoms with Crippen molar-refractivity contribution in [1.82, 2.24) is 15.3 Å². The van der Waals surface area contributed by atoms with E-state index in [1.54, 1.807) is 13.8 Å². The Morgan fingerprint density at radius 3 is 2.49 bits per heavy atom. The zero-order valence-corrected chi connectivity index (χ0v) is 22.2. The fourth-order valence-corrected chi connectivity index (χ4v) is 6.35. The van der Waals surface area contributed by atoms with E-state index < -0.39 is 20.3 Å². The molecule has 0 spiro atoms. The van der Waals surface area contributed by atoms with Gasteiger partial charge in [-0.05, 0) is 76.5 Å². The van der Waals surface area contributed by atoms with Gasteiger partial charge in [0.05, 0.1) is 24.9 Å². The molecule has 2 fully saturated rings. The molecule has 190 valence electrons. The average Bonchev–Trinajstić information content (AvgIpc) is 2.71. The van der Waals surface area contributed by atoms with Crippen LogP contribution in [-0.4, -0.2) is 66.4 Å². The van der Waals surface area contributed by atoms with E-state index in [0.717, 1.165) is 17.7 Å². The minimum atomic E-state index is -3.36. The number of morpholine rings is 1. The first-order valence-corrected chi connectivity index (χ1v) is 14.0. The lowest BCUT2D eigenvalue weighted by atomic mass is 9.81. The molecule has 1 atom stereocenters. The van der Waals surface area contributed by atoms with E-state index in [2.05, 4.69) is 22.5 Å². The fourth-order valence-electron chi connectivity index (χ4n) is 4.47. The predicted octanol–water partition coefficient (Wildman–Crippen LogP) is 2.81. The van der Waals surface area contributed by atoms with Crippen LogP contribution >= 0.6 is 12.2 Å². The lowest BCUT2D eigenvalue weighted by Crippen LogP contribution is -2.45. The lowest BCUT2D eigenvalue weighted by Gasteiger charge is -2.40. The number of benzene rings is 1. The second-order valence-corrected chi connectivity index (χ2v) is 12.6. The van der Waals surface area contributed by atoms with Gasteiger partial charge in [0.25, 0.3) is 0 Å². The Labute approximate surface area is 212 Å². The molecule has 2 aliphatic rings. The smallest absolute Gasteiger partial charge is 0.172 e. The van der Waals surface area contributed by atoms with Crippen LogP contribution in [-0.2, 0) is 19.3 Å². The molecule has 9 nitrogen and oxygen atoms in total. The SMILES string of the molecule is C[C@H]1COCCN1c1cc(C2(S(C)(=O)=O)CCC2)nc(-c2ccc(NC(=S)NC(C)(C)O)cc2)n1. The standard InChI is InChI=1S/C24H33N5O4S2/c1-16-15-33-13-12-29(16)20-14-19(24(10-5-11-24)35(4,31)32)26-21(27-20)17-6-8-18(9-7-17)25-22(34)28-23(2,3)30/h6-9,14,16,30H,5,10-13,15H2,1-4H3,(H2,25,28,34)/t16-/m0/s1. The predicted molar refractivity (Wildman–Crippen MR) is 141 cm³/mol. The topological polar surface area (TPSA) is 117 Å². The Bertz CT molecular complexity index is 1190. The lowest BCUT2D eigenvalue weighted by molar-refractivity contribution is 0.0656. The van der Waals surface area contributed by atoms with Gasteiger partial charge in [-0.15, -0.1) is 0 Å². The number of sulfone groups is 1. The average molecular weight is 520 g/mol. The summed E-state index contributed by atoms with van der Waals surface area (Å²) in [7, 11) is -3.36. The molecule has 4 rings (SSSR count). The van der Waals surface area contributed by atoms with Crippen LogP contribution in [0.15, 0.2) is 30.3 Å². The zero-order chi connectivity index (χ0) is 25.4. The van der Waals surface area contributed by atoms with E-state index in [0.29, 0.717) is 55.0 Å². The third-order valence-corrected chi connectivity index (χ3v) is 8.77. The van der Waals surface area contributed by atoms with Crippen LogP contribution < -0.4 is 15.5 Å². The van der Waals surface area contributed by atoms with Crippen molar-refractivity contribution < 1.29 is 18.3 Å². The summed E-state index contributed by atoms with van der Waals surface area (Å²) in [5.74, 6) is 1.20. The third-order valence-electron chi connectivity index (χ3n) is 6.53. The van der Waals surface area contributed by atoms with E-state index in [9.17, 15) is 13.5 Å². The third kappa shape index (κ3) is 5.58. The second-order valence-electron chi connectivity index (χ2n) is 9.89. The monoisotopic (exact) mass is 519 g/mol. The zero-order valence-electron chi connectivity index (χ0n) is 20.5. The molecular weight excluding hydrogens is 486 g/mol. The van der Waals surface area contributed by atoms with Gasteiger partial charge in [0.2, 0.25) is 0 Å². The number of ether oxygens (including phenoxy) is 1. The van der Waals surface area contributed by atoms with Crippen LogP contribution in [0.3, 0.4) is 0 Å². The number of nitrogens with one attached hydrogen (secondary N) is 2. The van der Waals surface area contributed by atoms with Gasteiger partial charge < -0.3 is 25.4 Å². The summed E-state index contributed by atoms with van der Waals surface area (Å²) < 4.78 is 30.3. The Morgan fingerprint density at radius 2 is 1.94 bits per heavy atom. The van der Waals surface area contributed by atoms with Gasteiger partial charge in [0.15, 0.2) is 20.8 Å². The van der Waals surface area contributed by atoms with Crippen molar-refractivity contribution in [2.75, 3.05) is 36.2 Å². The van der Waals surface area contributed by atoms with Gasteiger partial charge in [0, 0.05) is 30.1 Å². The van der Waals surface area contributed by atoms with Crippen molar-refractivity contribution in [2.24, 2.45) is 0 Å². The minimum absolute atomic E-state index is 0.116. The normalized spacial score (nSPS) is 20.1. The van der Waals surface area contributed by atoms with Crippen LogP contribution in [0.4, 0.5) is 11.5 Å². The van der Waals surface area contributed by atoms with Crippen molar-refractivity contribution in [3.05, 3.63) is 36.0 Å². The van der Waals surface area contributed by atoms with Crippen LogP contribution in [0.1, 0.15) is 45.7 Å². The fraction of sp³-hybridized carbons (Fsp3) is 0.542. The molecule has 0 amide bonds. The number of rotatable bonds is 6. The van der Waals surface area contributed by atoms with Crippen LogP contribution in [0.5, 0.6) is 0 Å². The van der Waals surface area contributed by atoms with Gasteiger partial charge in [-0.1, -0.05) is 0 Å². The molecule has 1 aromatic heterocycles. The summed E-state index contributed by atoms with van der Waals surface area (Å²) in [6, 6.07) is 9.39. The highest BCUT2D eigenvalue weighted by molar-refractivity contribution is 7.91. The molecule has 1 saturated carbocycles. The molecule has 1 aromatic carbocycles. The molecule has 1 saturated heterocycles. The molecule has 11 heteroatoms. The molecule has 2 heterocycles. The first-order valence-electron chi connectivity index (χ1n) is 11.7. The maximum atomic E-state index is 12.8. The van der Waals surface area contributed by atoms with Crippen molar-refractivity contribution in [1.29, 1.82) is 0 Å². The van der Waals surface area contributed by atoms with Crippen LogP contribution in [0, 0.1) is 0 Å². The number of anilines is 2. The quantitative estimate of drug-likeness (QED) is 0.388. The van der Waals surface area contributed by atoms with E-state index in [-0.39, 0.29) is 6.04 Å². The summed E-state index contributed by atoms with van der Waals surface area (Å²) in [5, 5.41) is 16.0. The van der Waals surface area contributed by atoms with Crippen molar-refractivity contribution in [3.8, 4) is 11.4 Å². The second kappa shape index (κ2) is 9.61. The molecule has 1 aliphatic heterocycles. The summed E-state index contributed by atoms with van der Waals surface area (Å²) in [5.41, 5.74) is 0.925. The number of thiocarbonyl (C=S) groups is 1.